The number of rotatable bonds is 7. The van der Waals surface area contributed by atoms with Crippen LogP contribution in [0.1, 0.15) is 11.1 Å². The van der Waals surface area contributed by atoms with Gasteiger partial charge in [-0.3, -0.25) is 4.79 Å². The summed E-state index contributed by atoms with van der Waals surface area (Å²) < 4.78 is 42.6. The summed E-state index contributed by atoms with van der Waals surface area (Å²) in [4.78, 5) is 12.7. The lowest BCUT2D eigenvalue weighted by Gasteiger charge is -2.26. The number of nitrogens with zero attached hydrogens (tertiary/aromatic N) is 1. The molecule has 0 aliphatic heterocycles. The highest BCUT2D eigenvalue weighted by Gasteiger charge is 2.34. The molecule has 1 amide bonds. The first kappa shape index (κ1) is 18.4. The minimum atomic E-state index is -4.46. The third-order valence-corrected chi connectivity index (χ3v) is 3.14. The van der Waals surface area contributed by atoms with E-state index in [1.54, 1.807) is 0 Å². The van der Waals surface area contributed by atoms with Crippen molar-refractivity contribution in [3.63, 3.8) is 0 Å². The number of ether oxygens (including phenoxy) is 1. The van der Waals surface area contributed by atoms with Crippen molar-refractivity contribution in [3.05, 3.63) is 35.4 Å². The largest absolute Gasteiger partial charge is 0.406 e. The molecule has 0 saturated carbocycles. The molecule has 0 bridgehead atoms. The van der Waals surface area contributed by atoms with Crippen molar-refractivity contribution in [1.29, 1.82) is 0 Å². The van der Waals surface area contributed by atoms with Crippen molar-refractivity contribution in [3.8, 4) is 0 Å². The second kappa shape index (κ2) is 8.14. The van der Waals surface area contributed by atoms with Gasteiger partial charge in [0.15, 0.2) is 0 Å². The first-order chi connectivity index (χ1) is 10.2. The molecule has 22 heavy (non-hydrogen) atoms. The predicted octanol–water partition coefficient (Wildman–Crippen LogP) is 1.90. The Morgan fingerprint density at radius 2 is 1.91 bits per heavy atom. The Morgan fingerprint density at radius 1 is 1.32 bits per heavy atom. The van der Waals surface area contributed by atoms with Crippen LogP contribution < -0.4 is 5.73 Å². The molecule has 2 N–H and O–H groups in total. The number of carbonyl (C=O) groups is 1. The second-order valence-electron chi connectivity index (χ2n) is 5.17. The van der Waals surface area contributed by atoms with E-state index < -0.39 is 24.7 Å². The molecule has 0 aromatic heterocycles. The van der Waals surface area contributed by atoms with E-state index in [1.807, 2.05) is 31.2 Å². The number of hydrogen-bond donors (Lipinski definition) is 1. The summed E-state index contributed by atoms with van der Waals surface area (Å²) in [6.45, 7) is 0.457. The van der Waals surface area contributed by atoms with Gasteiger partial charge in [0.1, 0.15) is 12.6 Å². The molecule has 1 aromatic carbocycles. The van der Waals surface area contributed by atoms with Crippen LogP contribution in [-0.2, 0) is 16.0 Å². The average molecular weight is 318 g/mol. The zero-order chi connectivity index (χ0) is 16.8. The first-order valence-electron chi connectivity index (χ1n) is 6.88. The van der Waals surface area contributed by atoms with E-state index in [1.165, 1.54) is 7.11 Å². The Balaban J connectivity index is 2.73. The zero-order valence-electron chi connectivity index (χ0n) is 12.7. The second-order valence-corrected chi connectivity index (χ2v) is 5.17. The van der Waals surface area contributed by atoms with E-state index in [4.69, 9.17) is 10.5 Å². The SMILES string of the molecule is COCC(N)C(=O)N(CCc1ccc(C)cc1)CC(F)(F)F. The van der Waals surface area contributed by atoms with Gasteiger partial charge >= 0.3 is 6.18 Å². The molecule has 4 nitrogen and oxygen atoms in total. The van der Waals surface area contributed by atoms with E-state index in [0.29, 0.717) is 6.42 Å². The Morgan fingerprint density at radius 3 is 2.41 bits per heavy atom. The first-order valence-corrected chi connectivity index (χ1v) is 6.88. The predicted molar refractivity (Wildman–Crippen MR) is 77.4 cm³/mol. The highest BCUT2D eigenvalue weighted by Crippen LogP contribution is 2.17. The summed E-state index contributed by atoms with van der Waals surface area (Å²) in [5, 5.41) is 0. The lowest BCUT2D eigenvalue weighted by Crippen LogP contribution is -2.49. The van der Waals surface area contributed by atoms with Crippen molar-refractivity contribution >= 4 is 5.91 Å². The van der Waals surface area contributed by atoms with E-state index in [2.05, 4.69) is 0 Å². The number of aryl methyl sites for hydroxylation is 1. The molecule has 0 fully saturated rings. The van der Waals surface area contributed by atoms with Crippen molar-refractivity contribution in [2.75, 3.05) is 26.8 Å². The van der Waals surface area contributed by atoms with Crippen LogP contribution in [0.25, 0.3) is 0 Å². The van der Waals surface area contributed by atoms with Crippen LogP contribution in [0.15, 0.2) is 24.3 Å². The Bertz CT molecular complexity index is 475. The summed E-state index contributed by atoms with van der Waals surface area (Å²) in [5.41, 5.74) is 7.48. The lowest BCUT2D eigenvalue weighted by molar-refractivity contribution is -0.162. The minimum Gasteiger partial charge on any atom is -0.383 e. The van der Waals surface area contributed by atoms with Gasteiger partial charge in [-0.05, 0) is 18.9 Å². The number of hydrogen-bond acceptors (Lipinski definition) is 3. The molecule has 0 saturated heterocycles. The van der Waals surface area contributed by atoms with Crippen molar-refractivity contribution in [1.82, 2.24) is 4.90 Å². The molecule has 0 aliphatic carbocycles. The average Bonchev–Trinajstić information content (AvgIpc) is 2.43. The summed E-state index contributed by atoms with van der Waals surface area (Å²) in [7, 11) is 1.34. The van der Waals surface area contributed by atoms with Gasteiger partial charge in [0.25, 0.3) is 0 Å². The molecule has 7 heteroatoms. The maximum absolute atomic E-state index is 12.6. The van der Waals surface area contributed by atoms with Crippen LogP contribution in [0.2, 0.25) is 0 Å². The maximum Gasteiger partial charge on any atom is 0.406 e. The molecule has 0 radical (unpaired) electrons. The molecule has 0 heterocycles. The molecule has 0 aliphatic rings. The fraction of sp³-hybridized carbons (Fsp3) is 0.533. The zero-order valence-corrected chi connectivity index (χ0v) is 12.7. The third-order valence-electron chi connectivity index (χ3n) is 3.14. The van der Waals surface area contributed by atoms with Crippen LogP contribution in [0, 0.1) is 6.92 Å². The van der Waals surface area contributed by atoms with E-state index in [0.717, 1.165) is 16.0 Å². The minimum absolute atomic E-state index is 0.0428. The highest BCUT2D eigenvalue weighted by atomic mass is 19.4. The number of alkyl halides is 3. The molecule has 1 aromatic rings. The normalized spacial score (nSPS) is 13.0. The number of methoxy groups -OCH3 is 1. The molecule has 0 spiro atoms. The summed E-state index contributed by atoms with van der Waals surface area (Å²) in [6, 6.07) is 6.33. The van der Waals surface area contributed by atoms with Gasteiger partial charge in [0.2, 0.25) is 5.91 Å². The highest BCUT2D eigenvalue weighted by molar-refractivity contribution is 5.81. The summed E-state index contributed by atoms with van der Waals surface area (Å²) in [5.74, 6) is -0.758. The topological polar surface area (TPSA) is 55.6 Å². The summed E-state index contributed by atoms with van der Waals surface area (Å²) in [6.07, 6.45) is -4.13. The van der Waals surface area contributed by atoms with E-state index in [9.17, 15) is 18.0 Å². The van der Waals surface area contributed by atoms with Crippen molar-refractivity contribution in [2.45, 2.75) is 25.6 Å². The van der Waals surface area contributed by atoms with Crippen molar-refractivity contribution in [2.24, 2.45) is 5.73 Å². The molecular formula is C15H21F3N2O2. The molecule has 124 valence electrons. The lowest BCUT2D eigenvalue weighted by atomic mass is 10.1. The molecule has 1 rings (SSSR count). The third kappa shape index (κ3) is 6.44. The van der Waals surface area contributed by atoms with Crippen LogP contribution in [0.3, 0.4) is 0 Å². The van der Waals surface area contributed by atoms with Crippen LogP contribution in [0.5, 0.6) is 0 Å². The van der Waals surface area contributed by atoms with Crippen LogP contribution in [-0.4, -0.2) is 49.8 Å². The number of carbonyl (C=O) groups excluding carboxylic acids is 1. The fourth-order valence-electron chi connectivity index (χ4n) is 1.99. The number of benzene rings is 1. The van der Waals surface area contributed by atoms with Crippen LogP contribution >= 0.6 is 0 Å². The number of amides is 1. The molecule has 1 atom stereocenters. The number of halogens is 3. The monoisotopic (exact) mass is 318 g/mol. The molecular weight excluding hydrogens is 297 g/mol. The van der Waals surface area contributed by atoms with Gasteiger partial charge in [-0.25, -0.2) is 0 Å². The smallest absolute Gasteiger partial charge is 0.383 e. The van der Waals surface area contributed by atoms with E-state index >= 15 is 0 Å². The van der Waals surface area contributed by atoms with Gasteiger partial charge < -0.3 is 15.4 Å². The quantitative estimate of drug-likeness (QED) is 0.835. The van der Waals surface area contributed by atoms with Crippen LogP contribution in [0.4, 0.5) is 13.2 Å². The van der Waals surface area contributed by atoms with Gasteiger partial charge in [-0.2, -0.15) is 13.2 Å². The Labute approximate surface area is 128 Å². The Hall–Kier alpha value is -1.60. The maximum atomic E-state index is 12.6. The fourth-order valence-corrected chi connectivity index (χ4v) is 1.99. The summed E-state index contributed by atoms with van der Waals surface area (Å²) >= 11 is 0. The van der Waals surface area contributed by atoms with Gasteiger partial charge in [0, 0.05) is 13.7 Å². The Kier molecular flexibility index (Phi) is 6.83. The van der Waals surface area contributed by atoms with Gasteiger partial charge in [-0.1, -0.05) is 29.8 Å². The van der Waals surface area contributed by atoms with Crippen molar-refractivity contribution < 1.29 is 22.7 Å². The van der Waals surface area contributed by atoms with E-state index in [-0.39, 0.29) is 13.2 Å². The number of nitrogens with two attached hydrogens (primary N) is 1. The van der Waals surface area contributed by atoms with Gasteiger partial charge in [-0.15, -0.1) is 0 Å². The standard InChI is InChI=1S/C15H21F3N2O2/c1-11-3-5-12(6-4-11)7-8-20(10-15(16,17)18)14(21)13(19)9-22-2/h3-6,13H,7-10,19H2,1-2H3. The van der Waals surface area contributed by atoms with Gasteiger partial charge in [0.05, 0.1) is 6.61 Å². The molecule has 1 unspecified atom stereocenters.